The molecule has 0 aromatic heterocycles. The normalized spacial score (nSPS) is 14.9. The van der Waals surface area contributed by atoms with Gasteiger partial charge in [0.2, 0.25) is 0 Å². The first-order chi connectivity index (χ1) is 15.5. The molecular weight excluding hydrogens is 412 g/mol. The summed E-state index contributed by atoms with van der Waals surface area (Å²) in [5, 5.41) is 2.57. The molecule has 1 heterocycles. The summed E-state index contributed by atoms with van der Waals surface area (Å²) in [6.45, 7) is 3.06. The second-order valence-corrected chi connectivity index (χ2v) is 7.64. The quantitative estimate of drug-likeness (QED) is 0.566. The van der Waals surface area contributed by atoms with Crippen molar-refractivity contribution in [2.24, 2.45) is 0 Å². The zero-order valence-corrected chi connectivity index (χ0v) is 17.6. The summed E-state index contributed by atoms with van der Waals surface area (Å²) in [6.07, 6.45) is 0.743. The first-order valence-electron chi connectivity index (χ1n) is 10.4. The molecule has 1 fully saturated rings. The molecule has 32 heavy (non-hydrogen) atoms. The Balaban J connectivity index is 1.60. The van der Waals surface area contributed by atoms with Crippen molar-refractivity contribution < 1.29 is 18.4 Å². The molecule has 5 nitrogen and oxygen atoms in total. The maximum Gasteiger partial charge on any atom is 0.325 e. The fourth-order valence-corrected chi connectivity index (χ4v) is 3.95. The summed E-state index contributed by atoms with van der Waals surface area (Å²) in [6, 6.07) is 19.5. The molecule has 1 N–H and O–H groups in total. The van der Waals surface area contributed by atoms with Gasteiger partial charge >= 0.3 is 6.03 Å². The Bertz CT molecular complexity index is 1120. The third-order valence-electron chi connectivity index (χ3n) is 5.64. The van der Waals surface area contributed by atoms with Crippen LogP contribution in [0.2, 0.25) is 0 Å². The number of rotatable bonds is 5. The summed E-state index contributed by atoms with van der Waals surface area (Å²) >= 11 is 0. The van der Waals surface area contributed by atoms with Gasteiger partial charge in [-0.1, -0.05) is 48.5 Å². The third kappa shape index (κ3) is 4.19. The van der Waals surface area contributed by atoms with Crippen molar-refractivity contribution in [2.75, 3.05) is 23.3 Å². The van der Waals surface area contributed by atoms with Crippen molar-refractivity contribution in [3.63, 3.8) is 0 Å². The van der Waals surface area contributed by atoms with Gasteiger partial charge in [-0.25, -0.2) is 13.6 Å². The molecular formula is C25H23F2N3O2. The van der Waals surface area contributed by atoms with Crippen LogP contribution in [0, 0.1) is 11.6 Å². The van der Waals surface area contributed by atoms with E-state index in [4.69, 9.17) is 0 Å². The Labute approximate surface area is 185 Å². The largest absolute Gasteiger partial charge is 0.325 e. The van der Waals surface area contributed by atoms with E-state index in [0.29, 0.717) is 24.5 Å². The molecule has 1 aliphatic heterocycles. The molecule has 1 saturated heterocycles. The van der Waals surface area contributed by atoms with Crippen molar-refractivity contribution >= 4 is 23.3 Å². The SMILES string of the molecule is C[C@H](c1ccccc1)N1CCCN(c2ccccc2NC(=O)c2c(F)cccc2F)C1=O. The van der Waals surface area contributed by atoms with Gasteiger partial charge < -0.3 is 10.2 Å². The molecule has 0 aliphatic carbocycles. The molecule has 164 valence electrons. The Hall–Kier alpha value is -3.74. The van der Waals surface area contributed by atoms with Crippen LogP contribution in [0.5, 0.6) is 0 Å². The van der Waals surface area contributed by atoms with Crippen LogP contribution in [0.15, 0.2) is 72.8 Å². The predicted molar refractivity (Wildman–Crippen MR) is 120 cm³/mol. The molecule has 3 aromatic carbocycles. The fraction of sp³-hybridized carbons (Fsp3) is 0.200. The maximum absolute atomic E-state index is 14.1. The van der Waals surface area contributed by atoms with Gasteiger partial charge in [0, 0.05) is 13.1 Å². The van der Waals surface area contributed by atoms with Crippen LogP contribution in [0.1, 0.15) is 35.3 Å². The van der Waals surface area contributed by atoms with Gasteiger partial charge in [0.15, 0.2) is 0 Å². The van der Waals surface area contributed by atoms with Gasteiger partial charge in [0.1, 0.15) is 17.2 Å². The lowest BCUT2D eigenvalue weighted by Crippen LogP contribution is -2.50. The van der Waals surface area contributed by atoms with Gasteiger partial charge in [-0.2, -0.15) is 0 Å². The van der Waals surface area contributed by atoms with E-state index in [1.165, 1.54) is 6.07 Å². The second-order valence-electron chi connectivity index (χ2n) is 7.64. The van der Waals surface area contributed by atoms with Crippen LogP contribution >= 0.6 is 0 Å². The fourth-order valence-electron chi connectivity index (χ4n) is 3.95. The minimum absolute atomic E-state index is 0.124. The number of anilines is 2. The Morgan fingerprint density at radius 1 is 0.906 bits per heavy atom. The van der Waals surface area contributed by atoms with Crippen molar-refractivity contribution in [3.05, 3.63) is 95.6 Å². The number of benzene rings is 3. The van der Waals surface area contributed by atoms with E-state index in [1.54, 1.807) is 34.1 Å². The van der Waals surface area contributed by atoms with Crippen molar-refractivity contribution in [3.8, 4) is 0 Å². The number of hydrogen-bond acceptors (Lipinski definition) is 2. The molecule has 0 unspecified atom stereocenters. The van der Waals surface area contributed by atoms with E-state index < -0.39 is 23.1 Å². The number of nitrogens with one attached hydrogen (secondary N) is 1. The van der Waals surface area contributed by atoms with E-state index in [1.807, 2.05) is 37.3 Å². The first-order valence-corrected chi connectivity index (χ1v) is 10.4. The summed E-state index contributed by atoms with van der Waals surface area (Å²) in [5.74, 6) is -2.80. The minimum atomic E-state index is -0.947. The maximum atomic E-state index is 14.1. The molecule has 7 heteroatoms. The molecule has 0 saturated carbocycles. The van der Waals surface area contributed by atoms with Crippen LogP contribution in [0.3, 0.4) is 0 Å². The van der Waals surface area contributed by atoms with Crippen LogP contribution in [0.25, 0.3) is 0 Å². The molecule has 1 aliphatic rings. The zero-order valence-electron chi connectivity index (χ0n) is 17.6. The van der Waals surface area contributed by atoms with E-state index >= 15 is 0 Å². The average Bonchev–Trinajstić information content (AvgIpc) is 2.80. The summed E-state index contributed by atoms with van der Waals surface area (Å²) < 4.78 is 28.1. The van der Waals surface area contributed by atoms with Crippen LogP contribution in [-0.2, 0) is 0 Å². The average molecular weight is 435 g/mol. The smallest absolute Gasteiger partial charge is 0.320 e. The summed E-state index contributed by atoms with van der Waals surface area (Å²) in [4.78, 5) is 29.4. The predicted octanol–water partition coefficient (Wildman–Crippen LogP) is 5.61. The van der Waals surface area contributed by atoms with Crippen LogP contribution in [0.4, 0.5) is 25.0 Å². The number of para-hydroxylation sites is 2. The second kappa shape index (κ2) is 9.18. The number of carbonyl (C=O) groups is 2. The highest BCUT2D eigenvalue weighted by Gasteiger charge is 2.32. The standard InChI is InChI=1S/C25H23F2N3O2/c1-17(18-9-3-2-4-10-18)29-15-8-16-30(25(29)32)22-14-6-5-13-21(22)28-24(31)23-19(26)11-7-12-20(23)27/h2-7,9-14,17H,8,15-16H2,1H3,(H,28,31)/t17-/m1/s1. The molecule has 1 atom stereocenters. The minimum Gasteiger partial charge on any atom is -0.320 e. The van der Waals surface area contributed by atoms with E-state index in [2.05, 4.69) is 5.32 Å². The van der Waals surface area contributed by atoms with Crippen molar-refractivity contribution in [1.29, 1.82) is 0 Å². The van der Waals surface area contributed by atoms with E-state index in [-0.39, 0.29) is 12.1 Å². The Morgan fingerprint density at radius 2 is 1.56 bits per heavy atom. The van der Waals surface area contributed by atoms with Crippen LogP contribution in [-0.4, -0.2) is 29.9 Å². The van der Waals surface area contributed by atoms with E-state index in [9.17, 15) is 18.4 Å². The number of urea groups is 1. The van der Waals surface area contributed by atoms with Crippen molar-refractivity contribution in [1.82, 2.24) is 4.90 Å². The number of hydrogen-bond donors (Lipinski definition) is 1. The van der Waals surface area contributed by atoms with E-state index in [0.717, 1.165) is 24.1 Å². The summed E-state index contributed by atoms with van der Waals surface area (Å²) in [5.41, 5.74) is 1.15. The molecule has 4 rings (SSSR count). The van der Waals surface area contributed by atoms with Crippen molar-refractivity contribution in [2.45, 2.75) is 19.4 Å². The van der Waals surface area contributed by atoms with Gasteiger partial charge in [-0.05, 0) is 43.2 Å². The van der Waals surface area contributed by atoms with Gasteiger partial charge in [0.05, 0.1) is 17.4 Å². The highest BCUT2D eigenvalue weighted by molar-refractivity contribution is 6.08. The monoisotopic (exact) mass is 435 g/mol. The van der Waals surface area contributed by atoms with Gasteiger partial charge in [-0.15, -0.1) is 0 Å². The Morgan fingerprint density at radius 3 is 2.28 bits per heavy atom. The Kier molecular flexibility index (Phi) is 6.16. The molecule has 3 aromatic rings. The lowest BCUT2D eigenvalue weighted by molar-refractivity contribution is 0.101. The van der Waals surface area contributed by atoms with Crippen LogP contribution < -0.4 is 10.2 Å². The van der Waals surface area contributed by atoms with Gasteiger partial charge in [-0.3, -0.25) is 9.69 Å². The third-order valence-corrected chi connectivity index (χ3v) is 5.64. The first kappa shape index (κ1) is 21.5. The zero-order chi connectivity index (χ0) is 22.7. The molecule has 0 spiro atoms. The highest BCUT2D eigenvalue weighted by Crippen LogP contribution is 2.32. The summed E-state index contributed by atoms with van der Waals surface area (Å²) in [7, 11) is 0. The number of carbonyl (C=O) groups excluding carboxylic acids is 2. The van der Waals surface area contributed by atoms with Gasteiger partial charge in [0.25, 0.3) is 5.91 Å². The molecule has 3 amide bonds. The molecule has 0 radical (unpaired) electrons. The topological polar surface area (TPSA) is 52.6 Å². The number of halogens is 2. The lowest BCUT2D eigenvalue weighted by atomic mass is 10.1. The highest BCUT2D eigenvalue weighted by atomic mass is 19.1. The number of nitrogens with zero attached hydrogens (tertiary/aromatic N) is 2. The number of amides is 3. The lowest BCUT2D eigenvalue weighted by Gasteiger charge is -2.39. The molecule has 0 bridgehead atoms.